The maximum absolute atomic E-state index is 11.6. The zero-order valence-electron chi connectivity index (χ0n) is 13.7. The molecule has 0 unspecified atom stereocenters. The molecule has 0 saturated carbocycles. The van der Waals surface area contributed by atoms with Gasteiger partial charge in [0.25, 0.3) is 5.69 Å². The molecule has 1 aromatic rings. The highest BCUT2D eigenvalue weighted by molar-refractivity contribution is 7.94. The number of benzene rings is 1. The molecule has 0 spiro atoms. The van der Waals surface area contributed by atoms with Crippen LogP contribution in [0.3, 0.4) is 0 Å². The number of nitro groups is 1. The van der Waals surface area contributed by atoms with Crippen LogP contribution in [0.4, 0.5) is 5.69 Å². The second-order valence-electron chi connectivity index (χ2n) is 6.09. The Balaban J connectivity index is 3.77. The summed E-state index contributed by atoms with van der Waals surface area (Å²) in [7, 11) is 0. The van der Waals surface area contributed by atoms with Gasteiger partial charge in [0.2, 0.25) is 0 Å². The third-order valence-electron chi connectivity index (χ3n) is 3.50. The minimum absolute atomic E-state index is 0.0319. The van der Waals surface area contributed by atoms with Gasteiger partial charge in [0.05, 0.1) is 21.9 Å². The molecule has 124 valence electrons. The molecule has 0 amide bonds. The van der Waals surface area contributed by atoms with Crippen LogP contribution in [0.5, 0.6) is 0 Å². The summed E-state index contributed by atoms with van der Waals surface area (Å²) in [6.07, 6.45) is 0. The minimum atomic E-state index is -0.335. The van der Waals surface area contributed by atoms with E-state index in [1.54, 1.807) is 0 Å². The summed E-state index contributed by atoms with van der Waals surface area (Å²) in [5.74, 6) is 0.117. The Morgan fingerprint density at radius 3 is 2.00 bits per heavy atom. The summed E-state index contributed by atoms with van der Waals surface area (Å²) in [5.41, 5.74) is 2.40. The van der Waals surface area contributed by atoms with E-state index in [-0.39, 0.29) is 28.4 Å². The Labute approximate surface area is 135 Å². The summed E-state index contributed by atoms with van der Waals surface area (Å²) in [4.78, 5) is 11.9. The predicted octanol–water partition coefficient (Wildman–Crippen LogP) is 5.39. The lowest BCUT2D eigenvalue weighted by Crippen LogP contribution is -2.09. The second kappa shape index (κ2) is 7.92. The first-order valence-electron chi connectivity index (χ1n) is 7.22. The third kappa shape index (κ3) is 3.98. The molecule has 0 saturated heterocycles. The first kappa shape index (κ1) is 18.9. The van der Waals surface area contributed by atoms with Gasteiger partial charge in [-0.05, 0) is 29.4 Å². The van der Waals surface area contributed by atoms with Crippen LogP contribution in [0.25, 0.3) is 0 Å². The summed E-state index contributed by atoms with van der Waals surface area (Å²) in [5, 5.41) is 23.8. The van der Waals surface area contributed by atoms with Gasteiger partial charge in [-0.3, -0.25) is 10.1 Å². The van der Waals surface area contributed by atoms with Crippen molar-refractivity contribution in [1.82, 2.24) is 0 Å². The van der Waals surface area contributed by atoms with Crippen molar-refractivity contribution in [2.75, 3.05) is 0 Å². The van der Waals surface area contributed by atoms with Crippen molar-refractivity contribution in [3.05, 3.63) is 32.9 Å². The van der Waals surface area contributed by atoms with Gasteiger partial charge < -0.3 is 0 Å². The van der Waals surface area contributed by atoms with E-state index in [2.05, 4.69) is 9.37 Å². The van der Waals surface area contributed by atoms with Crippen LogP contribution < -0.4 is 0 Å². The van der Waals surface area contributed by atoms with Crippen molar-refractivity contribution in [2.45, 2.75) is 64.2 Å². The van der Waals surface area contributed by atoms with Crippen molar-refractivity contribution in [1.29, 1.82) is 0 Å². The highest BCUT2D eigenvalue weighted by Gasteiger charge is 2.30. The molecular weight excluding hydrogens is 306 g/mol. The van der Waals surface area contributed by atoms with Gasteiger partial charge in [-0.15, -0.1) is 4.33 Å². The summed E-state index contributed by atoms with van der Waals surface area (Å²) < 4.78 is 4.59. The van der Waals surface area contributed by atoms with Crippen LogP contribution in [0.2, 0.25) is 0 Å². The summed E-state index contributed by atoms with van der Waals surface area (Å²) in [6.45, 7) is 11.7. The van der Waals surface area contributed by atoms with E-state index in [1.807, 2.05) is 47.6 Å². The fraction of sp³-hybridized carbons (Fsp3) is 0.600. The molecular formula is C15H23NO5S. The smallest absolute Gasteiger partial charge is 0.258 e. The van der Waals surface area contributed by atoms with Gasteiger partial charge in [-0.2, -0.15) is 0 Å². The van der Waals surface area contributed by atoms with E-state index in [4.69, 9.17) is 5.26 Å². The average molecular weight is 329 g/mol. The van der Waals surface area contributed by atoms with Crippen molar-refractivity contribution in [3.63, 3.8) is 0 Å². The Morgan fingerprint density at radius 1 is 1.09 bits per heavy atom. The monoisotopic (exact) mass is 329 g/mol. The number of hydrogen-bond acceptors (Lipinski definition) is 6. The highest BCUT2D eigenvalue weighted by Crippen LogP contribution is 2.45. The summed E-state index contributed by atoms with van der Waals surface area (Å²) >= 11 is 0.806. The van der Waals surface area contributed by atoms with Crippen LogP contribution >= 0.6 is 12.0 Å². The minimum Gasteiger partial charge on any atom is -0.258 e. The fourth-order valence-corrected chi connectivity index (χ4v) is 3.38. The lowest BCUT2D eigenvalue weighted by molar-refractivity contribution is -0.432. The molecule has 1 rings (SSSR count). The highest BCUT2D eigenvalue weighted by atomic mass is 32.2. The first-order valence-corrected chi connectivity index (χ1v) is 7.96. The van der Waals surface area contributed by atoms with E-state index in [0.717, 1.165) is 17.6 Å². The maximum atomic E-state index is 11.6. The van der Waals surface area contributed by atoms with Gasteiger partial charge in [0.1, 0.15) is 0 Å². The lowest BCUT2D eigenvalue weighted by Gasteiger charge is -2.21. The summed E-state index contributed by atoms with van der Waals surface area (Å²) in [6, 6.07) is 1.86. The molecule has 1 aromatic carbocycles. The van der Waals surface area contributed by atoms with Gasteiger partial charge in [-0.25, -0.2) is 5.26 Å². The SMILES string of the molecule is CC(C)c1cc(C(C)C)c([N+](=O)[O-])c(C(C)C)c1SOOO. The molecule has 0 aliphatic carbocycles. The van der Waals surface area contributed by atoms with E-state index in [0.29, 0.717) is 16.0 Å². The van der Waals surface area contributed by atoms with Crippen LogP contribution in [0.15, 0.2) is 11.0 Å². The molecule has 0 aliphatic rings. The predicted molar refractivity (Wildman–Crippen MR) is 86.0 cm³/mol. The Hall–Kier alpha value is -1.15. The second-order valence-corrected chi connectivity index (χ2v) is 6.80. The molecule has 7 heteroatoms. The maximum Gasteiger partial charge on any atom is 0.277 e. The zero-order chi connectivity index (χ0) is 17.0. The van der Waals surface area contributed by atoms with E-state index in [9.17, 15) is 10.1 Å². The largest absolute Gasteiger partial charge is 0.277 e. The van der Waals surface area contributed by atoms with Gasteiger partial charge in [0.15, 0.2) is 0 Å². The van der Waals surface area contributed by atoms with Crippen molar-refractivity contribution < 1.29 is 19.6 Å². The average Bonchev–Trinajstić information content (AvgIpc) is 2.42. The molecule has 0 fully saturated rings. The molecule has 0 aliphatic heterocycles. The van der Waals surface area contributed by atoms with Gasteiger partial charge >= 0.3 is 0 Å². The Kier molecular flexibility index (Phi) is 6.80. The fourth-order valence-electron chi connectivity index (χ4n) is 2.47. The van der Waals surface area contributed by atoms with Crippen LogP contribution in [0, 0.1) is 10.1 Å². The number of nitrogens with zero attached hydrogens (tertiary/aromatic N) is 1. The topological polar surface area (TPSA) is 81.8 Å². The molecule has 1 N–H and O–H groups in total. The van der Waals surface area contributed by atoms with Crippen LogP contribution in [-0.2, 0) is 9.37 Å². The van der Waals surface area contributed by atoms with Crippen molar-refractivity contribution in [2.24, 2.45) is 0 Å². The molecule has 6 nitrogen and oxygen atoms in total. The first-order chi connectivity index (χ1) is 10.2. The molecule has 0 bridgehead atoms. The lowest BCUT2D eigenvalue weighted by atomic mass is 9.87. The van der Waals surface area contributed by atoms with Crippen molar-refractivity contribution in [3.8, 4) is 0 Å². The standard InChI is InChI=1S/C15H23NO5S/c1-8(2)11-7-12(9(3)4)15(22-21-20-19)13(10(5)6)14(11)16(17)18/h7-10,19H,1-6H3. The molecule has 22 heavy (non-hydrogen) atoms. The van der Waals surface area contributed by atoms with Crippen LogP contribution in [-0.4, -0.2) is 10.2 Å². The molecule has 0 heterocycles. The van der Waals surface area contributed by atoms with E-state index in [1.165, 1.54) is 0 Å². The van der Waals surface area contributed by atoms with Crippen LogP contribution in [0.1, 0.15) is 76.0 Å². The van der Waals surface area contributed by atoms with E-state index >= 15 is 0 Å². The van der Waals surface area contributed by atoms with Gasteiger partial charge in [0, 0.05) is 11.1 Å². The number of rotatable bonds is 7. The number of hydrogen-bond donors (Lipinski definition) is 1. The molecule has 0 radical (unpaired) electrons. The number of nitro benzene ring substituents is 1. The van der Waals surface area contributed by atoms with Gasteiger partial charge in [-0.1, -0.05) is 46.6 Å². The normalized spacial score (nSPS) is 11.7. The molecule has 0 aromatic heterocycles. The third-order valence-corrected chi connectivity index (χ3v) is 4.25. The Bertz CT molecular complexity index is 543. The van der Waals surface area contributed by atoms with E-state index < -0.39 is 0 Å². The zero-order valence-corrected chi connectivity index (χ0v) is 14.6. The Morgan fingerprint density at radius 2 is 1.64 bits per heavy atom. The molecule has 0 atom stereocenters. The quantitative estimate of drug-likeness (QED) is 0.312. The van der Waals surface area contributed by atoms with Crippen molar-refractivity contribution >= 4 is 17.7 Å².